The van der Waals surface area contributed by atoms with Crippen LogP contribution in [0, 0.1) is 0 Å². The Balaban J connectivity index is 1.48. The number of furan rings is 1. The SMILES string of the molecule is CC(OC(=O)Cc1coc2cc(O)ccc12)C(=O)c1c[nH]c2ccccc12. The van der Waals surface area contributed by atoms with E-state index in [1.165, 1.54) is 18.4 Å². The van der Waals surface area contributed by atoms with Crippen LogP contribution in [0.2, 0.25) is 0 Å². The van der Waals surface area contributed by atoms with Crippen molar-refractivity contribution in [2.75, 3.05) is 0 Å². The number of Topliss-reactive ketones (excluding diaryl/α,β-unsaturated/α-hetero) is 1. The lowest BCUT2D eigenvalue weighted by molar-refractivity contribution is -0.145. The molecule has 4 aromatic rings. The molecule has 6 heteroatoms. The average Bonchev–Trinajstić information content (AvgIpc) is 3.25. The molecule has 0 spiro atoms. The summed E-state index contributed by atoms with van der Waals surface area (Å²) in [5.74, 6) is -0.696. The summed E-state index contributed by atoms with van der Waals surface area (Å²) in [7, 11) is 0. The Bertz CT molecular complexity index is 1150. The molecule has 136 valence electrons. The van der Waals surface area contributed by atoms with Crippen LogP contribution in [0.25, 0.3) is 21.9 Å². The van der Waals surface area contributed by atoms with Gasteiger partial charge in [-0.3, -0.25) is 9.59 Å². The fourth-order valence-electron chi connectivity index (χ4n) is 3.15. The normalized spacial score (nSPS) is 12.3. The molecule has 0 aliphatic carbocycles. The van der Waals surface area contributed by atoms with Crippen molar-refractivity contribution in [1.29, 1.82) is 0 Å². The number of ketones is 1. The summed E-state index contributed by atoms with van der Waals surface area (Å²) < 4.78 is 10.7. The van der Waals surface area contributed by atoms with Crippen LogP contribution in [0.4, 0.5) is 0 Å². The van der Waals surface area contributed by atoms with E-state index in [0.29, 0.717) is 16.7 Å². The van der Waals surface area contributed by atoms with Crippen LogP contribution in [-0.4, -0.2) is 27.9 Å². The van der Waals surface area contributed by atoms with Crippen molar-refractivity contribution in [3.05, 3.63) is 66.1 Å². The minimum Gasteiger partial charge on any atom is -0.508 e. The summed E-state index contributed by atoms with van der Waals surface area (Å²) in [5.41, 5.74) is 2.48. The Morgan fingerprint density at radius 3 is 2.85 bits per heavy atom. The third kappa shape index (κ3) is 3.17. The van der Waals surface area contributed by atoms with Crippen LogP contribution in [0.15, 0.2) is 59.3 Å². The molecular formula is C21H17NO5. The molecule has 1 unspecified atom stereocenters. The summed E-state index contributed by atoms with van der Waals surface area (Å²) in [6.45, 7) is 1.56. The molecule has 2 N–H and O–H groups in total. The third-order valence-corrected chi connectivity index (χ3v) is 4.51. The number of para-hydroxylation sites is 1. The van der Waals surface area contributed by atoms with Crippen LogP contribution in [0.5, 0.6) is 5.75 Å². The first-order valence-corrected chi connectivity index (χ1v) is 8.52. The highest BCUT2D eigenvalue weighted by molar-refractivity contribution is 6.10. The second-order valence-corrected chi connectivity index (χ2v) is 6.36. The lowest BCUT2D eigenvalue weighted by Crippen LogP contribution is -2.25. The fraction of sp³-hybridized carbons (Fsp3) is 0.143. The number of phenols is 1. The van der Waals surface area contributed by atoms with Crippen molar-refractivity contribution in [2.24, 2.45) is 0 Å². The number of hydrogen-bond acceptors (Lipinski definition) is 5. The molecule has 4 rings (SSSR count). The number of carbonyl (C=O) groups is 2. The Hall–Kier alpha value is -3.54. The summed E-state index contributed by atoms with van der Waals surface area (Å²) >= 11 is 0. The number of aromatic amines is 1. The average molecular weight is 363 g/mol. The van der Waals surface area contributed by atoms with Crippen molar-refractivity contribution in [1.82, 2.24) is 4.98 Å². The topological polar surface area (TPSA) is 92.5 Å². The second-order valence-electron chi connectivity index (χ2n) is 6.36. The van der Waals surface area contributed by atoms with Gasteiger partial charge in [0.1, 0.15) is 11.3 Å². The van der Waals surface area contributed by atoms with Gasteiger partial charge in [0.15, 0.2) is 6.10 Å². The quantitative estimate of drug-likeness (QED) is 0.413. The zero-order valence-electron chi connectivity index (χ0n) is 14.6. The van der Waals surface area contributed by atoms with E-state index in [1.54, 1.807) is 19.2 Å². The number of fused-ring (bicyclic) bond motifs is 2. The number of aromatic hydroxyl groups is 1. The highest BCUT2D eigenvalue weighted by atomic mass is 16.5. The van der Waals surface area contributed by atoms with E-state index in [9.17, 15) is 14.7 Å². The van der Waals surface area contributed by atoms with Gasteiger partial charge in [-0.1, -0.05) is 18.2 Å². The highest BCUT2D eigenvalue weighted by Gasteiger charge is 2.23. The molecule has 0 saturated carbocycles. The maximum absolute atomic E-state index is 12.7. The van der Waals surface area contributed by atoms with Gasteiger partial charge in [-0.05, 0) is 25.1 Å². The summed E-state index contributed by atoms with van der Waals surface area (Å²) in [5, 5.41) is 11.0. The third-order valence-electron chi connectivity index (χ3n) is 4.51. The lowest BCUT2D eigenvalue weighted by atomic mass is 10.1. The molecule has 0 bridgehead atoms. The molecule has 2 aromatic heterocycles. The first-order valence-electron chi connectivity index (χ1n) is 8.52. The Morgan fingerprint density at radius 2 is 2.00 bits per heavy atom. The molecule has 2 heterocycles. The number of ether oxygens (including phenoxy) is 1. The van der Waals surface area contributed by atoms with Gasteiger partial charge in [-0.15, -0.1) is 0 Å². The molecular weight excluding hydrogens is 346 g/mol. The minimum atomic E-state index is -0.904. The minimum absolute atomic E-state index is 0.0245. The van der Waals surface area contributed by atoms with Crippen LogP contribution in [0.1, 0.15) is 22.8 Å². The number of hydrogen-bond donors (Lipinski definition) is 2. The van der Waals surface area contributed by atoms with Gasteiger partial charge in [0.2, 0.25) is 5.78 Å². The molecule has 1 atom stereocenters. The molecule has 0 aliphatic rings. The number of phenolic OH excluding ortho intramolecular Hbond substituents is 1. The van der Waals surface area contributed by atoms with E-state index in [2.05, 4.69) is 4.98 Å². The van der Waals surface area contributed by atoms with Gasteiger partial charge in [0.25, 0.3) is 0 Å². The van der Waals surface area contributed by atoms with Crippen molar-refractivity contribution < 1.29 is 23.8 Å². The number of aromatic nitrogens is 1. The maximum atomic E-state index is 12.7. The fourth-order valence-corrected chi connectivity index (χ4v) is 3.15. The van der Waals surface area contributed by atoms with E-state index in [-0.39, 0.29) is 18.0 Å². The zero-order valence-corrected chi connectivity index (χ0v) is 14.6. The summed E-state index contributed by atoms with van der Waals surface area (Å²) in [6, 6.07) is 12.1. The van der Waals surface area contributed by atoms with Gasteiger partial charge in [-0.25, -0.2) is 0 Å². The standard InChI is InChI=1S/C21H17NO5/c1-12(21(25)17-10-22-18-5-3-2-4-16(17)18)27-20(24)8-13-11-26-19-9-14(23)6-7-15(13)19/h2-7,9-12,22-23H,8H2,1H3. The van der Waals surface area contributed by atoms with Crippen molar-refractivity contribution in [3.63, 3.8) is 0 Å². The van der Waals surface area contributed by atoms with Gasteiger partial charge in [0, 0.05) is 39.7 Å². The second kappa shape index (κ2) is 6.64. The van der Waals surface area contributed by atoms with Crippen LogP contribution < -0.4 is 0 Å². The van der Waals surface area contributed by atoms with Gasteiger partial charge < -0.3 is 19.2 Å². The van der Waals surface area contributed by atoms with E-state index >= 15 is 0 Å². The number of carbonyl (C=O) groups excluding carboxylic acids is 2. The van der Waals surface area contributed by atoms with Gasteiger partial charge in [-0.2, -0.15) is 0 Å². The Morgan fingerprint density at radius 1 is 1.19 bits per heavy atom. The number of benzene rings is 2. The monoisotopic (exact) mass is 363 g/mol. The van der Waals surface area contributed by atoms with Crippen LogP contribution in [0.3, 0.4) is 0 Å². The van der Waals surface area contributed by atoms with Crippen molar-refractivity contribution in [3.8, 4) is 5.75 Å². The predicted octanol–water partition coefficient (Wildman–Crippen LogP) is 3.98. The number of nitrogens with one attached hydrogen (secondary N) is 1. The van der Waals surface area contributed by atoms with Crippen LogP contribution in [-0.2, 0) is 16.0 Å². The molecule has 0 saturated heterocycles. The lowest BCUT2D eigenvalue weighted by Gasteiger charge is -2.11. The molecule has 0 amide bonds. The number of H-pyrrole nitrogens is 1. The van der Waals surface area contributed by atoms with E-state index in [4.69, 9.17) is 9.15 Å². The molecule has 0 aliphatic heterocycles. The Labute approximate surface area is 154 Å². The van der Waals surface area contributed by atoms with E-state index in [1.807, 2.05) is 24.3 Å². The zero-order chi connectivity index (χ0) is 19.0. The summed E-state index contributed by atoms with van der Waals surface area (Å²) in [4.78, 5) is 28.0. The summed E-state index contributed by atoms with van der Waals surface area (Å²) in [6.07, 6.45) is 2.16. The van der Waals surface area contributed by atoms with Gasteiger partial charge >= 0.3 is 5.97 Å². The molecule has 6 nitrogen and oxygen atoms in total. The molecule has 0 fully saturated rings. The molecule has 2 aromatic carbocycles. The first-order chi connectivity index (χ1) is 13.0. The largest absolute Gasteiger partial charge is 0.508 e. The van der Waals surface area contributed by atoms with E-state index in [0.717, 1.165) is 16.3 Å². The van der Waals surface area contributed by atoms with Gasteiger partial charge in [0.05, 0.1) is 12.7 Å². The van der Waals surface area contributed by atoms with Crippen molar-refractivity contribution >= 4 is 33.6 Å². The molecule has 0 radical (unpaired) electrons. The number of rotatable bonds is 5. The first kappa shape index (κ1) is 16.9. The smallest absolute Gasteiger partial charge is 0.311 e. The maximum Gasteiger partial charge on any atom is 0.311 e. The Kier molecular flexibility index (Phi) is 4.16. The van der Waals surface area contributed by atoms with Crippen molar-refractivity contribution in [2.45, 2.75) is 19.4 Å². The highest BCUT2D eigenvalue weighted by Crippen LogP contribution is 2.26. The molecule has 27 heavy (non-hydrogen) atoms. The number of esters is 1. The predicted molar refractivity (Wildman–Crippen MR) is 99.8 cm³/mol. The van der Waals surface area contributed by atoms with Crippen LogP contribution >= 0.6 is 0 Å². The van der Waals surface area contributed by atoms with E-state index < -0.39 is 12.1 Å².